The second kappa shape index (κ2) is 7.67. The van der Waals surface area contributed by atoms with Crippen LogP contribution in [0.15, 0.2) is 42.9 Å². The molecular weight excluding hydrogens is 414 g/mol. The molecule has 0 unspecified atom stereocenters. The van der Waals surface area contributed by atoms with E-state index in [0.717, 1.165) is 82.1 Å². The molecule has 5 aromatic rings. The third-order valence-electron chi connectivity index (χ3n) is 6.44. The molecule has 8 nitrogen and oxygen atoms in total. The molecule has 0 radical (unpaired) electrons. The molecule has 3 aromatic heterocycles. The summed E-state index contributed by atoms with van der Waals surface area (Å²) in [4.78, 5) is 15.3. The minimum absolute atomic E-state index is 0.715. The number of pyridine rings is 1. The molecule has 1 aliphatic heterocycles. The van der Waals surface area contributed by atoms with Gasteiger partial charge in [-0.1, -0.05) is 18.2 Å². The number of hydrogen-bond donors (Lipinski definition) is 1. The van der Waals surface area contributed by atoms with E-state index in [9.17, 15) is 0 Å². The molecule has 6 rings (SSSR count). The smallest absolute Gasteiger partial charge is 0.163 e. The summed E-state index contributed by atoms with van der Waals surface area (Å²) in [6.45, 7) is 9.42. The molecule has 0 bridgehead atoms. The molecule has 8 heteroatoms. The minimum atomic E-state index is 0.715. The number of nitrogens with one attached hydrogen (secondary N) is 1. The lowest BCUT2D eigenvalue weighted by Gasteiger charge is -2.29. The van der Waals surface area contributed by atoms with E-state index in [-0.39, 0.29) is 0 Å². The number of H-pyrrole nitrogens is 1. The number of aromatic amines is 1. The molecule has 0 spiro atoms. The lowest BCUT2D eigenvalue weighted by Crippen LogP contribution is -2.36. The number of rotatable bonds is 3. The van der Waals surface area contributed by atoms with Crippen molar-refractivity contribution < 1.29 is 4.74 Å². The maximum absolute atomic E-state index is 5.59. The van der Waals surface area contributed by atoms with Gasteiger partial charge in [-0.15, -0.1) is 10.2 Å². The largest absolute Gasteiger partial charge is 0.378 e. The third kappa shape index (κ3) is 3.17. The first-order valence-electron chi connectivity index (χ1n) is 11.2. The third-order valence-corrected chi connectivity index (χ3v) is 6.44. The Kier molecular flexibility index (Phi) is 4.62. The van der Waals surface area contributed by atoms with Crippen LogP contribution in [-0.2, 0) is 4.74 Å². The Morgan fingerprint density at radius 2 is 1.85 bits per heavy atom. The summed E-state index contributed by atoms with van der Waals surface area (Å²) in [5.41, 5.74) is 8.41. The van der Waals surface area contributed by atoms with Gasteiger partial charge in [0.2, 0.25) is 0 Å². The van der Waals surface area contributed by atoms with Gasteiger partial charge in [-0.25, -0.2) is 4.98 Å². The van der Waals surface area contributed by atoms with Gasteiger partial charge < -0.3 is 14.6 Å². The van der Waals surface area contributed by atoms with Gasteiger partial charge in [0.05, 0.1) is 29.9 Å². The molecule has 2 aromatic carbocycles. The molecule has 33 heavy (non-hydrogen) atoms. The van der Waals surface area contributed by atoms with Crippen molar-refractivity contribution in [3.8, 4) is 17.1 Å². The van der Waals surface area contributed by atoms with Crippen molar-refractivity contribution in [3.05, 3.63) is 59.8 Å². The average molecular weight is 440 g/mol. The first-order valence-corrected chi connectivity index (χ1v) is 11.2. The van der Waals surface area contributed by atoms with Crippen molar-refractivity contribution in [2.75, 3.05) is 31.2 Å². The number of para-hydroxylation sites is 1. The molecule has 0 atom stereocenters. The SMILES string of the molecule is Cc1cnc2c(C)cccc2c1-n1c(C)nc2c(-c3nnc[nH]3)cc(N3CCOCC3)cc21. The molecule has 4 heterocycles. The van der Waals surface area contributed by atoms with E-state index in [1.807, 2.05) is 6.20 Å². The molecule has 0 amide bonds. The molecule has 1 fully saturated rings. The number of morpholine rings is 1. The van der Waals surface area contributed by atoms with Gasteiger partial charge in [0, 0.05) is 35.9 Å². The molecule has 0 saturated carbocycles. The minimum Gasteiger partial charge on any atom is -0.378 e. The maximum atomic E-state index is 5.59. The number of anilines is 1. The van der Waals surface area contributed by atoms with Gasteiger partial charge in [-0.3, -0.25) is 9.55 Å². The number of aryl methyl sites for hydroxylation is 3. The predicted molar refractivity (Wildman–Crippen MR) is 129 cm³/mol. The number of hydrogen-bond acceptors (Lipinski definition) is 6. The normalized spacial score (nSPS) is 14.5. The molecule has 1 saturated heterocycles. The van der Waals surface area contributed by atoms with Crippen molar-refractivity contribution in [1.29, 1.82) is 0 Å². The Labute approximate surface area is 191 Å². The summed E-state index contributed by atoms with van der Waals surface area (Å²) in [6, 6.07) is 10.7. The fourth-order valence-electron chi connectivity index (χ4n) is 4.84. The first kappa shape index (κ1) is 19.9. The van der Waals surface area contributed by atoms with Crippen LogP contribution in [-0.4, -0.2) is 56.0 Å². The van der Waals surface area contributed by atoms with Crippen molar-refractivity contribution >= 4 is 27.6 Å². The Hall–Kier alpha value is -3.78. The van der Waals surface area contributed by atoms with Crippen LogP contribution in [0.2, 0.25) is 0 Å². The summed E-state index contributed by atoms with van der Waals surface area (Å²) in [6.07, 6.45) is 3.56. The highest BCUT2D eigenvalue weighted by atomic mass is 16.5. The standard InChI is InChI=1S/C25H25N7O/c1-15-5-4-6-19-22(15)26-13-16(2)24(19)32-17(3)29-23-20(25-27-14-28-30-25)11-18(12-21(23)32)31-7-9-33-10-8-31/h4-6,11-14H,7-10H2,1-3H3,(H,27,28,30). The van der Waals surface area contributed by atoms with E-state index in [1.54, 1.807) is 6.33 Å². The Bertz CT molecular complexity index is 1480. The van der Waals surface area contributed by atoms with Gasteiger partial charge in [0.25, 0.3) is 0 Å². The number of ether oxygens (including phenoxy) is 1. The zero-order chi connectivity index (χ0) is 22.5. The Morgan fingerprint density at radius 3 is 2.64 bits per heavy atom. The summed E-state index contributed by atoms with van der Waals surface area (Å²) >= 11 is 0. The summed E-state index contributed by atoms with van der Waals surface area (Å²) in [7, 11) is 0. The summed E-state index contributed by atoms with van der Waals surface area (Å²) in [5, 5.41) is 9.44. The van der Waals surface area contributed by atoms with Crippen molar-refractivity contribution in [3.63, 3.8) is 0 Å². The Morgan fingerprint density at radius 1 is 1.00 bits per heavy atom. The lowest BCUT2D eigenvalue weighted by atomic mass is 10.1. The van der Waals surface area contributed by atoms with Crippen LogP contribution in [0.25, 0.3) is 39.0 Å². The van der Waals surface area contributed by atoms with Crippen molar-refractivity contribution in [2.24, 2.45) is 0 Å². The Balaban J connectivity index is 1.69. The molecule has 1 aliphatic rings. The fourth-order valence-corrected chi connectivity index (χ4v) is 4.84. The molecule has 166 valence electrons. The molecule has 0 aliphatic carbocycles. The van der Waals surface area contributed by atoms with Crippen molar-refractivity contribution in [2.45, 2.75) is 20.8 Å². The van der Waals surface area contributed by atoms with Crippen LogP contribution in [0.1, 0.15) is 17.0 Å². The molecule has 1 N–H and O–H groups in total. The quantitative estimate of drug-likeness (QED) is 0.455. The highest BCUT2D eigenvalue weighted by molar-refractivity contribution is 5.98. The van der Waals surface area contributed by atoms with E-state index in [0.29, 0.717) is 5.82 Å². The number of benzene rings is 2. The highest BCUT2D eigenvalue weighted by Gasteiger charge is 2.22. The van der Waals surface area contributed by atoms with Crippen LogP contribution >= 0.6 is 0 Å². The fraction of sp³-hybridized carbons (Fsp3) is 0.280. The molecular formula is C25H25N7O. The monoisotopic (exact) mass is 439 g/mol. The van der Waals surface area contributed by atoms with Gasteiger partial charge in [-0.2, -0.15) is 0 Å². The lowest BCUT2D eigenvalue weighted by molar-refractivity contribution is 0.122. The van der Waals surface area contributed by atoms with Gasteiger partial charge in [0.1, 0.15) is 17.7 Å². The van der Waals surface area contributed by atoms with Crippen LogP contribution in [0.5, 0.6) is 0 Å². The average Bonchev–Trinajstić information content (AvgIpc) is 3.47. The van der Waals surface area contributed by atoms with E-state index in [4.69, 9.17) is 14.7 Å². The predicted octanol–water partition coefficient (Wildman–Crippen LogP) is 4.12. The van der Waals surface area contributed by atoms with Gasteiger partial charge in [0.15, 0.2) is 5.82 Å². The van der Waals surface area contributed by atoms with E-state index in [2.05, 4.69) is 75.8 Å². The van der Waals surface area contributed by atoms with Crippen molar-refractivity contribution in [1.82, 2.24) is 29.7 Å². The van der Waals surface area contributed by atoms with Gasteiger partial charge >= 0.3 is 0 Å². The van der Waals surface area contributed by atoms with Crippen LogP contribution in [0, 0.1) is 20.8 Å². The van der Waals surface area contributed by atoms with E-state index < -0.39 is 0 Å². The number of nitrogens with zero attached hydrogens (tertiary/aromatic N) is 6. The number of aromatic nitrogens is 6. The summed E-state index contributed by atoms with van der Waals surface area (Å²) in [5.74, 6) is 1.63. The van der Waals surface area contributed by atoms with Gasteiger partial charge in [-0.05, 0) is 44.0 Å². The van der Waals surface area contributed by atoms with E-state index in [1.165, 1.54) is 0 Å². The van der Waals surface area contributed by atoms with Crippen LogP contribution in [0.4, 0.5) is 5.69 Å². The zero-order valence-corrected chi connectivity index (χ0v) is 19.0. The topological polar surface area (TPSA) is 84.8 Å². The first-order chi connectivity index (χ1) is 16.1. The van der Waals surface area contributed by atoms with Crippen LogP contribution < -0.4 is 4.90 Å². The zero-order valence-electron chi connectivity index (χ0n) is 19.0. The maximum Gasteiger partial charge on any atom is 0.163 e. The van der Waals surface area contributed by atoms with Crippen LogP contribution in [0.3, 0.4) is 0 Å². The second-order valence-electron chi connectivity index (χ2n) is 8.55. The van der Waals surface area contributed by atoms with E-state index >= 15 is 0 Å². The number of fused-ring (bicyclic) bond motifs is 2. The number of imidazole rings is 1. The highest BCUT2D eigenvalue weighted by Crippen LogP contribution is 2.36. The summed E-state index contributed by atoms with van der Waals surface area (Å²) < 4.78 is 7.85. The second-order valence-corrected chi connectivity index (χ2v) is 8.55.